The first-order valence-corrected chi connectivity index (χ1v) is 10.6. The number of carbonyl (C=O) groups is 2. The molecular formula is C24H30O3. The van der Waals surface area contributed by atoms with Gasteiger partial charge in [-0.1, -0.05) is 13.0 Å². The highest BCUT2D eigenvalue weighted by atomic mass is 16.3. The second-order valence-electron chi connectivity index (χ2n) is 10.3. The molecule has 0 saturated heterocycles. The Balaban J connectivity index is 1.58. The Kier molecular flexibility index (Phi) is 3.53. The van der Waals surface area contributed by atoms with Crippen LogP contribution in [-0.2, 0) is 21.4 Å². The summed E-state index contributed by atoms with van der Waals surface area (Å²) in [5.41, 5.74) is 2.74. The molecule has 0 amide bonds. The van der Waals surface area contributed by atoms with Gasteiger partial charge in [0.05, 0.1) is 5.41 Å². The maximum Gasteiger partial charge on any atom is 0.143 e. The van der Waals surface area contributed by atoms with Gasteiger partial charge in [0.1, 0.15) is 17.3 Å². The van der Waals surface area contributed by atoms with Crippen LogP contribution >= 0.6 is 0 Å². The molecule has 3 saturated carbocycles. The first-order valence-electron chi connectivity index (χ1n) is 10.6. The van der Waals surface area contributed by atoms with Crippen molar-refractivity contribution in [3.05, 3.63) is 28.8 Å². The van der Waals surface area contributed by atoms with Crippen molar-refractivity contribution < 1.29 is 14.7 Å². The summed E-state index contributed by atoms with van der Waals surface area (Å²) in [5.74, 6) is 2.70. The second kappa shape index (κ2) is 5.46. The van der Waals surface area contributed by atoms with Gasteiger partial charge in [-0.3, -0.25) is 9.59 Å². The number of phenolic OH excluding ortho intramolecular Hbond substituents is 1. The predicted octanol–water partition coefficient (Wildman–Crippen LogP) is 4.51. The highest BCUT2D eigenvalue weighted by Crippen LogP contribution is 2.65. The lowest BCUT2D eigenvalue weighted by atomic mass is 9.44. The van der Waals surface area contributed by atoms with E-state index in [1.54, 1.807) is 0 Å². The quantitative estimate of drug-likeness (QED) is 0.735. The van der Waals surface area contributed by atoms with E-state index in [1.807, 2.05) is 13.0 Å². The van der Waals surface area contributed by atoms with Gasteiger partial charge in [0.15, 0.2) is 0 Å². The smallest absolute Gasteiger partial charge is 0.143 e. The number of carbonyl (C=O) groups excluding carboxylic acids is 2. The Labute approximate surface area is 161 Å². The molecule has 0 aliphatic heterocycles. The molecule has 0 unspecified atom stereocenters. The van der Waals surface area contributed by atoms with Crippen LogP contribution in [0.5, 0.6) is 5.75 Å². The predicted molar refractivity (Wildman–Crippen MR) is 104 cm³/mol. The molecule has 4 aliphatic carbocycles. The number of ketones is 2. The molecule has 6 atom stereocenters. The second-order valence-corrected chi connectivity index (χ2v) is 10.3. The summed E-state index contributed by atoms with van der Waals surface area (Å²) in [4.78, 5) is 25.6. The van der Waals surface area contributed by atoms with Gasteiger partial charge in [0.25, 0.3) is 0 Å². The maximum absolute atomic E-state index is 13.6. The SMILES string of the molecule is Cc1cc(O)c2c(c1)C[C@@H]1[C@@H]3CC[C@@H]4CC(=O)CC[C@]4(C)[C@@H]3CC(=O)[C@@]21C. The molecule has 144 valence electrons. The number of phenols is 1. The molecular weight excluding hydrogens is 336 g/mol. The number of Topliss-reactive ketones (excluding diaryl/α,β-unsaturated/α-hetero) is 2. The van der Waals surface area contributed by atoms with E-state index in [2.05, 4.69) is 19.9 Å². The van der Waals surface area contributed by atoms with E-state index in [0.29, 0.717) is 53.8 Å². The van der Waals surface area contributed by atoms with E-state index in [-0.39, 0.29) is 5.41 Å². The highest BCUT2D eigenvalue weighted by Gasteiger charge is 2.62. The summed E-state index contributed by atoms with van der Waals surface area (Å²) in [6.45, 7) is 6.47. The van der Waals surface area contributed by atoms with Crippen LogP contribution in [0.15, 0.2) is 12.1 Å². The zero-order valence-corrected chi connectivity index (χ0v) is 16.7. The zero-order chi connectivity index (χ0) is 19.1. The molecule has 27 heavy (non-hydrogen) atoms. The van der Waals surface area contributed by atoms with Gasteiger partial charge in [-0.15, -0.1) is 0 Å². The third-order valence-corrected chi connectivity index (χ3v) is 9.11. The summed E-state index contributed by atoms with van der Waals surface area (Å²) in [5, 5.41) is 10.7. The standard InChI is InChI=1S/C24H30O3/c1-13-8-14-10-19-17-5-4-15-11-16(25)6-7-23(15,2)18(17)12-21(27)24(19,3)22(14)20(26)9-13/h8-9,15,17-19,26H,4-7,10-12H2,1-3H3/t15-,17-,18-,19-,23+,24+/m1/s1. The lowest BCUT2D eigenvalue weighted by molar-refractivity contribution is -0.148. The molecule has 5 rings (SSSR count). The summed E-state index contributed by atoms with van der Waals surface area (Å²) < 4.78 is 0. The van der Waals surface area contributed by atoms with E-state index < -0.39 is 5.41 Å². The normalized spacial score (nSPS) is 42.9. The molecule has 0 radical (unpaired) electrons. The molecule has 3 nitrogen and oxygen atoms in total. The van der Waals surface area contributed by atoms with E-state index in [1.165, 1.54) is 5.56 Å². The van der Waals surface area contributed by atoms with E-state index >= 15 is 0 Å². The van der Waals surface area contributed by atoms with E-state index in [4.69, 9.17) is 0 Å². The molecule has 1 N–H and O–H groups in total. The van der Waals surface area contributed by atoms with Crippen LogP contribution in [-0.4, -0.2) is 16.7 Å². The molecule has 0 aromatic heterocycles. The van der Waals surface area contributed by atoms with Crippen LogP contribution in [0.4, 0.5) is 0 Å². The van der Waals surface area contributed by atoms with Crippen LogP contribution in [0.2, 0.25) is 0 Å². The van der Waals surface area contributed by atoms with Gasteiger partial charge < -0.3 is 5.11 Å². The number of rotatable bonds is 0. The van der Waals surface area contributed by atoms with Crippen molar-refractivity contribution in [2.45, 2.75) is 71.1 Å². The fourth-order valence-electron chi connectivity index (χ4n) is 7.66. The van der Waals surface area contributed by atoms with Gasteiger partial charge in [-0.05, 0) is 85.8 Å². The molecule has 3 fully saturated rings. The number of fused-ring (bicyclic) bond motifs is 7. The first-order chi connectivity index (χ1) is 12.7. The Morgan fingerprint density at radius 1 is 1.04 bits per heavy atom. The summed E-state index contributed by atoms with van der Waals surface area (Å²) in [7, 11) is 0. The monoisotopic (exact) mass is 366 g/mol. The fraction of sp³-hybridized carbons (Fsp3) is 0.667. The molecule has 0 spiro atoms. The molecule has 0 bridgehead atoms. The van der Waals surface area contributed by atoms with Crippen LogP contribution in [0.3, 0.4) is 0 Å². The van der Waals surface area contributed by atoms with Crippen molar-refractivity contribution in [1.82, 2.24) is 0 Å². The minimum absolute atomic E-state index is 0.126. The average molecular weight is 367 g/mol. The Hall–Kier alpha value is -1.64. The van der Waals surface area contributed by atoms with Crippen molar-refractivity contribution in [2.24, 2.45) is 29.1 Å². The first kappa shape index (κ1) is 17.5. The molecule has 0 heterocycles. The third kappa shape index (κ3) is 2.14. The number of aromatic hydroxyl groups is 1. The zero-order valence-electron chi connectivity index (χ0n) is 16.7. The number of benzene rings is 1. The highest BCUT2D eigenvalue weighted by molar-refractivity contribution is 5.94. The van der Waals surface area contributed by atoms with Gasteiger partial charge in [0.2, 0.25) is 0 Å². The number of hydrogen-bond donors (Lipinski definition) is 1. The lowest BCUT2D eigenvalue weighted by Gasteiger charge is -2.59. The summed E-state index contributed by atoms with van der Waals surface area (Å²) in [6, 6.07) is 3.99. The van der Waals surface area contributed by atoms with Crippen molar-refractivity contribution >= 4 is 11.6 Å². The van der Waals surface area contributed by atoms with E-state index in [0.717, 1.165) is 43.2 Å². The van der Waals surface area contributed by atoms with Gasteiger partial charge in [-0.2, -0.15) is 0 Å². The van der Waals surface area contributed by atoms with Crippen LogP contribution < -0.4 is 0 Å². The molecule has 1 aromatic carbocycles. The largest absolute Gasteiger partial charge is 0.508 e. The minimum Gasteiger partial charge on any atom is -0.508 e. The van der Waals surface area contributed by atoms with Crippen molar-refractivity contribution in [1.29, 1.82) is 0 Å². The van der Waals surface area contributed by atoms with Crippen molar-refractivity contribution in [2.75, 3.05) is 0 Å². The minimum atomic E-state index is -0.540. The van der Waals surface area contributed by atoms with Gasteiger partial charge in [-0.25, -0.2) is 0 Å². The topological polar surface area (TPSA) is 54.4 Å². The van der Waals surface area contributed by atoms with Gasteiger partial charge in [0, 0.05) is 24.8 Å². The Morgan fingerprint density at radius 3 is 2.59 bits per heavy atom. The number of aryl methyl sites for hydroxylation is 1. The Morgan fingerprint density at radius 2 is 1.81 bits per heavy atom. The summed E-state index contributed by atoms with van der Waals surface area (Å²) >= 11 is 0. The number of hydrogen-bond acceptors (Lipinski definition) is 3. The molecule has 4 aliphatic rings. The van der Waals surface area contributed by atoms with Crippen molar-refractivity contribution in [3.63, 3.8) is 0 Å². The Bertz CT molecular complexity index is 855. The fourth-order valence-corrected chi connectivity index (χ4v) is 7.66. The van der Waals surface area contributed by atoms with Gasteiger partial charge >= 0.3 is 0 Å². The van der Waals surface area contributed by atoms with Crippen LogP contribution in [0, 0.1) is 36.0 Å². The maximum atomic E-state index is 13.6. The van der Waals surface area contributed by atoms with E-state index in [9.17, 15) is 14.7 Å². The third-order valence-electron chi connectivity index (χ3n) is 9.11. The molecule has 3 heteroatoms. The molecule has 1 aromatic rings. The van der Waals surface area contributed by atoms with Crippen LogP contribution in [0.1, 0.15) is 69.1 Å². The van der Waals surface area contributed by atoms with Crippen LogP contribution in [0.25, 0.3) is 0 Å². The summed E-state index contributed by atoms with van der Waals surface area (Å²) in [6.07, 6.45) is 6.12. The average Bonchev–Trinajstić information content (AvgIpc) is 2.90. The van der Waals surface area contributed by atoms with Crippen molar-refractivity contribution in [3.8, 4) is 5.75 Å². The lowest BCUT2D eigenvalue weighted by Crippen LogP contribution is -2.57.